The summed E-state index contributed by atoms with van der Waals surface area (Å²) in [5.74, 6) is -0.414. The molecule has 0 bridgehead atoms. The molecule has 5 nitrogen and oxygen atoms in total. The summed E-state index contributed by atoms with van der Waals surface area (Å²) in [5, 5.41) is 7.97. The van der Waals surface area contributed by atoms with Gasteiger partial charge in [0.05, 0.1) is 5.56 Å². The van der Waals surface area contributed by atoms with Gasteiger partial charge in [0.2, 0.25) is 0 Å². The van der Waals surface area contributed by atoms with E-state index in [1.165, 1.54) is 0 Å². The minimum atomic E-state index is -0.219. The van der Waals surface area contributed by atoms with E-state index in [2.05, 4.69) is 10.6 Å². The highest BCUT2D eigenvalue weighted by molar-refractivity contribution is 6.08. The molecule has 0 aromatic heterocycles. The minimum absolute atomic E-state index is 0.195. The SMILES string of the molecule is CN(C)c1ccc(NC(=O)c2ccc3ccccc3c2)cc1C(=O)NCc1ccccc1. The van der Waals surface area contributed by atoms with E-state index in [-0.39, 0.29) is 11.8 Å². The van der Waals surface area contributed by atoms with Gasteiger partial charge in [-0.3, -0.25) is 9.59 Å². The molecular formula is C27H25N3O2. The number of carbonyl (C=O) groups excluding carboxylic acids is 2. The second-order valence-electron chi connectivity index (χ2n) is 7.81. The Morgan fingerprint density at radius 2 is 1.47 bits per heavy atom. The summed E-state index contributed by atoms with van der Waals surface area (Å²) in [7, 11) is 3.77. The number of nitrogens with zero attached hydrogens (tertiary/aromatic N) is 1. The van der Waals surface area contributed by atoms with Crippen LogP contribution in [0.15, 0.2) is 91.0 Å². The van der Waals surface area contributed by atoms with Crippen molar-refractivity contribution in [1.29, 1.82) is 0 Å². The van der Waals surface area contributed by atoms with Gasteiger partial charge in [-0.2, -0.15) is 0 Å². The van der Waals surface area contributed by atoms with Crippen molar-refractivity contribution < 1.29 is 9.59 Å². The van der Waals surface area contributed by atoms with E-state index in [4.69, 9.17) is 0 Å². The van der Waals surface area contributed by atoms with Crippen molar-refractivity contribution in [3.8, 4) is 0 Å². The molecule has 4 aromatic rings. The van der Waals surface area contributed by atoms with Crippen molar-refractivity contribution in [3.05, 3.63) is 108 Å². The summed E-state index contributed by atoms with van der Waals surface area (Å²) in [6.07, 6.45) is 0. The summed E-state index contributed by atoms with van der Waals surface area (Å²) >= 11 is 0. The molecule has 0 fully saturated rings. The lowest BCUT2D eigenvalue weighted by molar-refractivity contribution is 0.0950. The normalized spacial score (nSPS) is 10.6. The van der Waals surface area contributed by atoms with Gasteiger partial charge in [-0.05, 0) is 46.7 Å². The van der Waals surface area contributed by atoms with E-state index in [0.717, 1.165) is 22.0 Å². The molecule has 4 rings (SSSR count). The summed E-state index contributed by atoms with van der Waals surface area (Å²) in [6.45, 7) is 0.431. The van der Waals surface area contributed by atoms with Crippen molar-refractivity contribution in [1.82, 2.24) is 5.32 Å². The molecule has 4 aromatic carbocycles. The van der Waals surface area contributed by atoms with Crippen LogP contribution in [0.5, 0.6) is 0 Å². The molecule has 32 heavy (non-hydrogen) atoms. The van der Waals surface area contributed by atoms with E-state index >= 15 is 0 Å². The van der Waals surface area contributed by atoms with Crippen LogP contribution >= 0.6 is 0 Å². The molecule has 0 heterocycles. The summed E-state index contributed by atoms with van der Waals surface area (Å²) in [6, 6.07) is 28.6. The fourth-order valence-electron chi connectivity index (χ4n) is 3.59. The van der Waals surface area contributed by atoms with Gasteiger partial charge < -0.3 is 15.5 Å². The molecule has 0 radical (unpaired) electrons. The van der Waals surface area contributed by atoms with Crippen LogP contribution in [-0.4, -0.2) is 25.9 Å². The molecule has 0 atom stereocenters. The van der Waals surface area contributed by atoms with E-state index < -0.39 is 0 Å². The fraction of sp³-hybridized carbons (Fsp3) is 0.111. The van der Waals surface area contributed by atoms with E-state index in [9.17, 15) is 9.59 Å². The molecule has 0 saturated carbocycles. The summed E-state index contributed by atoms with van der Waals surface area (Å²) < 4.78 is 0. The molecule has 160 valence electrons. The smallest absolute Gasteiger partial charge is 0.255 e. The zero-order chi connectivity index (χ0) is 22.5. The monoisotopic (exact) mass is 423 g/mol. The van der Waals surface area contributed by atoms with Crippen molar-refractivity contribution in [2.24, 2.45) is 0 Å². The maximum Gasteiger partial charge on any atom is 0.255 e. The van der Waals surface area contributed by atoms with Crippen molar-refractivity contribution in [2.75, 3.05) is 24.3 Å². The van der Waals surface area contributed by atoms with Gasteiger partial charge in [-0.15, -0.1) is 0 Å². The standard InChI is InChI=1S/C27H25N3O2/c1-30(2)25-15-14-23(17-24(25)27(32)28-18-19-8-4-3-5-9-19)29-26(31)22-13-12-20-10-6-7-11-21(20)16-22/h3-17H,18H2,1-2H3,(H,28,32)(H,29,31). The largest absolute Gasteiger partial charge is 0.377 e. The highest BCUT2D eigenvalue weighted by atomic mass is 16.2. The number of hydrogen-bond acceptors (Lipinski definition) is 3. The zero-order valence-electron chi connectivity index (χ0n) is 18.1. The third-order valence-corrected chi connectivity index (χ3v) is 5.29. The predicted octanol–water partition coefficient (Wildman–Crippen LogP) is 5.09. The molecule has 2 N–H and O–H groups in total. The van der Waals surface area contributed by atoms with Crippen LogP contribution in [0.2, 0.25) is 0 Å². The Hall–Kier alpha value is -4.12. The second-order valence-corrected chi connectivity index (χ2v) is 7.81. The Bertz CT molecular complexity index is 1270. The topological polar surface area (TPSA) is 61.4 Å². The predicted molar refractivity (Wildman–Crippen MR) is 130 cm³/mol. The zero-order valence-corrected chi connectivity index (χ0v) is 18.1. The first-order valence-electron chi connectivity index (χ1n) is 10.4. The Morgan fingerprint density at radius 3 is 2.22 bits per heavy atom. The van der Waals surface area contributed by atoms with E-state index in [0.29, 0.717) is 23.4 Å². The molecule has 0 aliphatic rings. The van der Waals surface area contributed by atoms with Gasteiger partial charge >= 0.3 is 0 Å². The first-order valence-corrected chi connectivity index (χ1v) is 10.4. The van der Waals surface area contributed by atoms with Crippen LogP contribution in [0.4, 0.5) is 11.4 Å². The number of fused-ring (bicyclic) bond motifs is 1. The molecule has 2 amide bonds. The number of rotatable bonds is 6. The minimum Gasteiger partial charge on any atom is -0.377 e. The second kappa shape index (κ2) is 9.35. The fourth-order valence-corrected chi connectivity index (χ4v) is 3.59. The Morgan fingerprint density at radius 1 is 0.750 bits per heavy atom. The number of hydrogen-bond donors (Lipinski definition) is 2. The summed E-state index contributed by atoms with van der Waals surface area (Å²) in [5.41, 5.74) is 3.43. The lowest BCUT2D eigenvalue weighted by Gasteiger charge is -2.18. The van der Waals surface area contributed by atoms with Gasteiger partial charge in [0.1, 0.15) is 0 Å². The van der Waals surface area contributed by atoms with Crippen LogP contribution in [-0.2, 0) is 6.54 Å². The molecule has 0 unspecified atom stereocenters. The van der Waals surface area contributed by atoms with Crippen LogP contribution in [0, 0.1) is 0 Å². The average Bonchev–Trinajstić information content (AvgIpc) is 2.82. The Kier molecular flexibility index (Phi) is 6.17. The van der Waals surface area contributed by atoms with Gasteiger partial charge in [0.15, 0.2) is 0 Å². The quantitative estimate of drug-likeness (QED) is 0.454. The lowest BCUT2D eigenvalue weighted by Crippen LogP contribution is -2.25. The van der Waals surface area contributed by atoms with Crippen LogP contribution < -0.4 is 15.5 Å². The van der Waals surface area contributed by atoms with Gasteiger partial charge in [-0.25, -0.2) is 0 Å². The first-order chi connectivity index (χ1) is 15.5. The van der Waals surface area contributed by atoms with Crippen molar-refractivity contribution in [2.45, 2.75) is 6.54 Å². The van der Waals surface area contributed by atoms with Gasteiger partial charge in [0.25, 0.3) is 11.8 Å². The Labute approximate surface area is 187 Å². The summed E-state index contributed by atoms with van der Waals surface area (Å²) in [4.78, 5) is 27.7. The highest BCUT2D eigenvalue weighted by Crippen LogP contribution is 2.24. The Balaban J connectivity index is 1.54. The van der Waals surface area contributed by atoms with Crippen molar-refractivity contribution >= 4 is 34.0 Å². The molecular weight excluding hydrogens is 398 g/mol. The number of amides is 2. The molecule has 0 saturated heterocycles. The van der Waals surface area contributed by atoms with Gasteiger partial charge in [0, 0.05) is 37.6 Å². The average molecular weight is 424 g/mol. The molecule has 0 aliphatic carbocycles. The third-order valence-electron chi connectivity index (χ3n) is 5.29. The van der Waals surface area contributed by atoms with Crippen LogP contribution in [0.1, 0.15) is 26.3 Å². The van der Waals surface area contributed by atoms with E-state index in [1.54, 1.807) is 12.1 Å². The van der Waals surface area contributed by atoms with Gasteiger partial charge in [-0.1, -0.05) is 60.7 Å². The maximum atomic E-state index is 12.9. The van der Waals surface area contributed by atoms with E-state index in [1.807, 2.05) is 97.9 Å². The number of benzene rings is 4. The number of anilines is 2. The van der Waals surface area contributed by atoms with Crippen LogP contribution in [0.3, 0.4) is 0 Å². The lowest BCUT2D eigenvalue weighted by atomic mass is 10.1. The van der Waals surface area contributed by atoms with Crippen molar-refractivity contribution in [3.63, 3.8) is 0 Å². The first kappa shape index (κ1) is 21.1. The third kappa shape index (κ3) is 4.78. The number of carbonyl (C=O) groups is 2. The molecule has 0 aliphatic heterocycles. The maximum absolute atomic E-state index is 12.9. The molecule has 0 spiro atoms. The van der Waals surface area contributed by atoms with Crippen LogP contribution in [0.25, 0.3) is 10.8 Å². The molecule has 5 heteroatoms. The number of nitrogens with one attached hydrogen (secondary N) is 2. The highest BCUT2D eigenvalue weighted by Gasteiger charge is 2.15.